The summed E-state index contributed by atoms with van der Waals surface area (Å²) in [6, 6.07) is -0.311. The van der Waals surface area contributed by atoms with E-state index in [0.717, 1.165) is 43.1 Å². The van der Waals surface area contributed by atoms with E-state index in [9.17, 15) is 4.39 Å². The van der Waals surface area contributed by atoms with Crippen molar-refractivity contribution in [2.45, 2.75) is 89.7 Å². The molecule has 0 aromatic carbocycles. The van der Waals surface area contributed by atoms with E-state index in [0.29, 0.717) is 5.92 Å². The Balaban J connectivity index is 1.47. The maximum absolute atomic E-state index is 13.7. The molecule has 1 atom stereocenters. The average Bonchev–Trinajstić information content (AvgIpc) is 2.58. The zero-order valence-electron chi connectivity index (χ0n) is 14.6. The van der Waals surface area contributed by atoms with Crippen molar-refractivity contribution < 1.29 is 9.13 Å². The summed E-state index contributed by atoms with van der Waals surface area (Å²) in [4.78, 5) is 3.84. The molecule has 2 fully saturated rings. The lowest BCUT2D eigenvalue weighted by Gasteiger charge is -2.40. The first-order valence-electron chi connectivity index (χ1n) is 9.41. The van der Waals surface area contributed by atoms with Crippen molar-refractivity contribution in [2.24, 2.45) is 17.8 Å². The van der Waals surface area contributed by atoms with Crippen LogP contribution in [0.2, 0.25) is 0 Å². The van der Waals surface area contributed by atoms with Crippen LogP contribution in [0.1, 0.15) is 78.1 Å². The third kappa shape index (κ3) is 3.73. The summed E-state index contributed by atoms with van der Waals surface area (Å²) in [5, 5.41) is 0. The maximum atomic E-state index is 13.7. The van der Waals surface area contributed by atoms with Gasteiger partial charge in [0.25, 0.3) is 6.01 Å². The van der Waals surface area contributed by atoms with Gasteiger partial charge in [-0.1, -0.05) is 0 Å². The van der Waals surface area contributed by atoms with Crippen molar-refractivity contribution in [3.05, 3.63) is 23.0 Å². The molecule has 2 saturated carbocycles. The minimum atomic E-state index is -0.311. The lowest BCUT2D eigenvalue weighted by Crippen LogP contribution is -2.34. The molecule has 0 radical (unpaired) electrons. The molecule has 0 bridgehead atoms. The Kier molecular flexibility index (Phi) is 4.99. The van der Waals surface area contributed by atoms with Gasteiger partial charge >= 0.3 is 0 Å². The highest BCUT2D eigenvalue weighted by atomic mass is 19.1. The normalized spacial score (nSPS) is 42.0. The first-order chi connectivity index (χ1) is 11.0. The monoisotopic (exact) mass is 319 g/mol. The Hall–Kier alpha value is -1.04. The van der Waals surface area contributed by atoms with E-state index in [1.54, 1.807) is 0 Å². The van der Waals surface area contributed by atoms with E-state index in [2.05, 4.69) is 11.8 Å². The fourth-order valence-corrected chi connectivity index (χ4v) is 4.91. The van der Waals surface area contributed by atoms with E-state index in [4.69, 9.17) is 11.3 Å². The molecule has 0 spiro atoms. The molecule has 0 amide bonds. The predicted molar refractivity (Wildman–Crippen MR) is 90.3 cm³/mol. The van der Waals surface area contributed by atoms with Crippen LogP contribution in [0.5, 0.6) is 0 Å². The van der Waals surface area contributed by atoms with Crippen LogP contribution in [-0.2, 0) is 4.74 Å². The molecule has 3 rings (SSSR count). The molecular weight excluding hydrogens is 289 g/mol. The van der Waals surface area contributed by atoms with Crippen molar-refractivity contribution >= 4 is 0 Å². The van der Waals surface area contributed by atoms with Crippen molar-refractivity contribution in [1.29, 1.82) is 0 Å². The van der Waals surface area contributed by atoms with Gasteiger partial charge in [0.05, 0.1) is 0 Å². The van der Waals surface area contributed by atoms with E-state index < -0.39 is 0 Å². The third-order valence-corrected chi connectivity index (χ3v) is 6.78. The van der Waals surface area contributed by atoms with Crippen LogP contribution in [0.4, 0.5) is 4.39 Å². The number of allylic oxidation sites excluding steroid dienone is 1. The molecular formula is C20H30FNO. The number of hydrogen-bond donors (Lipinski definition) is 0. The van der Waals surface area contributed by atoms with Crippen LogP contribution < -0.4 is 0 Å². The molecule has 2 nitrogen and oxygen atoms in total. The summed E-state index contributed by atoms with van der Waals surface area (Å²) in [5.74, 6) is 2.19. The number of halogens is 1. The minimum Gasteiger partial charge on any atom is -0.467 e. The Morgan fingerprint density at radius 2 is 1.57 bits per heavy atom. The fourth-order valence-electron chi connectivity index (χ4n) is 4.91. The van der Waals surface area contributed by atoms with E-state index >= 15 is 0 Å². The minimum absolute atomic E-state index is 0.0919. The van der Waals surface area contributed by atoms with Crippen LogP contribution in [-0.4, -0.2) is 11.6 Å². The van der Waals surface area contributed by atoms with Gasteiger partial charge in [0.1, 0.15) is 6.10 Å². The predicted octanol–water partition coefficient (Wildman–Crippen LogP) is 6.04. The molecule has 2 aliphatic carbocycles. The van der Waals surface area contributed by atoms with Gasteiger partial charge in [-0.25, -0.2) is 6.57 Å². The first kappa shape index (κ1) is 16.8. The third-order valence-electron chi connectivity index (χ3n) is 6.78. The smallest absolute Gasteiger partial charge is 0.271 e. The molecule has 0 saturated heterocycles. The van der Waals surface area contributed by atoms with Crippen molar-refractivity contribution in [1.82, 2.24) is 0 Å². The molecule has 3 heteroatoms. The topological polar surface area (TPSA) is 13.6 Å². The SMILES string of the molecule is [C-]#[N+]C1(C)CCC(C2CCC(C3CCC(C)=C(F)O3)CC2)CC1. The van der Waals surface area contributed by atoms with Crippen LogP contribution in [0.15, 0.2) is 11.6 Å². The van der Waals surface area contributed by atoms with Crippen LogP contribution >= 0.6 is 0 Å². The zero-order chi connectivity index (χ0) is 16.4. The van der Waals surface area contributed by atoms with Gasteiger partial charge in [0.2, 0.25) is 5.54 Å². The van der Waals surface area contributed by atoms with Crippen molar-refractivity contribution in [3.8, 4) is 0 Å². The average molecular weight is 319 g/mol. The molecule has 1 heterocycles. The van der Waals surface area contributed by atoms with Gasteiger partial charge < -0.3 is 9.58 Å². The molecule has 0 aromatic rings. The van der Waals surface area contributed by atoms with Gasteiger partial charge in [0, 0.05) is 19.8 Å². The van der Waals surface area contributed by atoms with E-state index in [1.165, 1.54) is 38.5 Å². The summed E-state index contributed by atoms with van der Waals surface area (Å²) >= 11 is 0. The number of rotatable bonds is 2. The fraction of sp³-hybridized carbons (Fsp3) is 0.850. The molecule has 1 unspecified atom stereocenters. The highest BCUT2D eigenvalue weighted by molar-refractivity contribution is 5.04. The largest absolute Gasteiger partial charge is 0.467 e. The quantitative estimate of drug-likeness (QED) is 0.566. The first-order valence-corrected chi connectivity index (χ1v) is 9.41. The molecule has 0 N–H and O–H groups in total. The van der Waals surface area contributed by atoms with E-state index in [1.807, 2.05) is 6.92 Å². The van der Waals surface area contributed by atoms with Crippen LogP contribution in [0.25, 0.3) is 4.85 Å². The number of ether oxygens (including phenoxy) is 1. The lowest BCUT2D eigenvalue weighted by molar-refractivity contribution is -0.0137. The van der Waals surface area contributed by atoms with Gasteiger partial charge in [-0.3, -0.25) is 0 Å². The second-order valence-electron chi connectivity index (χ2n) is 8.37. The number of hydrogen-bond acceptors (Lipinski definition) is 1. The van der Waals surface area contributed by atoms with Crippen molar-refractivity contribution in [2.75, 3.05) is 0 Å². The Bertz CT molecular complexity index is 490. The molecule has 0 aromatic heterocycles. The Morgan fingerprint density at radius 3 is 2.13 bits per heavy atom. The summed E-state index contributed by atoms with van der Waals surface area (Å²) < 4.78 is 19.2. The highest BCUT2D eigenvalue weighted by Gasteiger charge is 2.40. The molecule has 128 valence electrons. The van der Waals surface area contributed by atoms with Crippen LogP contribution in [0.3, 0.4) is 0 Å². The standard InChI is InChI=1S/C20H30FNO/c1-14-4-9-18(23-19(14)21)17-7-5-15(6-8-17)16-10-12-20(2,22-3)13-11-16/h15-18H,4-13H2,1-2H3. The lowest BCUT2D eigenvalue weighted by atomic mass is 9.67. The second-order valence-corrected chi connectivity index (χ2v) is 8.37. The van der Waals surface area contributed by atoms with Crippen molar-refractivity contribution in [3.63, 3.8) is 0 Å². The Labute approximate surface area is 140 Å². The Morgan fingerprint density at radius 1 is 1.00 bits per heavy atom. The zero-order valence-corrected chi connectivity index (χ0v) is 14.6. The van der Waals surface area contributed by atoms with E-state index in [-0.39, 0.29) is 17.7 Å². The summed E-state index contributed by atoms with van der Waals surface area (Å²) in [5.41, 5.74) is 0.686. The van der Waals surface area contributed by atoms with Gasteiger partial charge in [-0.05, 0) is 81.6 Å². The molecule has 1 aliphatic heterocycles. The summed E-state index contributed by atoms with van der Waals surface area (Å²) in [7, 11) is 0. The summed E-state index contributed by atoms with van der Waals surface area (Å²) in [6.45, 7) is 11.3. The van der Waals surface area contributed by atoms with Gasteiger partial charge in [-0.15, -0.1) is 0 Å². The van der Waals surface area contributed by atoms with Gasteiger partial charge in [-0.2, -0.15) is 4.39 Å². The maximum Gasteiger partial charge on any atom is 0.271 e. The number of nitrogens with zero attached hydrogens (tertiary/aromatic N) is 1. The summed E-state index contributed by atoms with van der Waals surface area (Å²) in [6.07, 6.45) is 11.5. The molecule has 3 aliphatic rings. The van der Waals surface area contributed by atoms with Gasteiger partial charge in [0.15, 0.2) is 0 Å². The second kappa shape index (κ2) is 6.83. The highest BCUT2D eigenvalue weighted by Crippen LogP contribution is 2.45. The molecule has 23 heavy (non-hydrogen) atoms. The van der Waals surface area contributed by atoms with Crippen LogP contribution in [0, 0.1) is 24.3 Å².